The topological polar surface area (TPSA) is 21.3 Å². The third kappa shape index (κ3) is 3.91. The Morgan fingerprint density at radius 1 is 1.14 bits per heavy atom. The van der Waals surface area contributed by atoms with Gasteiger partial charge in [0.25, 0.3) is 0 Å². The number of anilines is 1. The fraction of sp³-hybridized carbons (Fsp3) is 0.200. The summed E-state index contributed by atoms with van der Waals surface area (Å²) in [6.45, 7) is 0.365. The molecule has 0 radical (unpaired) electrons. The molecule has 0 saturated carbocycles. The maximum atomic E-state index is 12.7. The largest absolute Gasteiger partial charge is 0.496 e. The molecule has 21 heavy (non-hydrogen) atoms. The van der Waals surface area contributed by atoms with Crippen molar-refractivity contribution in [1.29, 1.82) is 0 Å². The summed E-state index contributed by atoms with van der Waals surface area (Å²) in [7, 11) is 1.55. The van der Waals surface area contributed by atoms with Crippen molar-refractivity contribution in [3.8, 4) is 5.75 Å². The first-order valence-corrected chi connectivity index (χ1v) is 6.93. The lowest BCUT2D eigenvalue weighted by Crippen LogP contribution is -2.07. The highest BCUT2D eigenvalue weighted by Crippen LogP contribution is 2.34. The molecule has 0 unspecified atom stereocenters. The van der Waals surface area contributed by atoms with Gasteiger partial charge in [0.05, 0.1) is 12.7 Å². The van der Waals surface area contributed by atoms with Crippen LogP contribution in [0, 0.1) is 0 Å². The summed E-state index contributed by atoms with van der Waals surface area (Å²) in [5.41, 5.74) is 0.563. The Labute approximate surface area is 129 Å². The smallest absolute Gasteiger partial charge is 0.416 e. The number of hydrogen-bond acceptors (Lipinski definition) is 2. The van der Waals surface area contributed by atoms with Crippen LogP contribution in [0.3, 0.4) is 0 Å². The van der Waals surface area contributed by atoms with Gasteiger partial charge in [-0.2, -0.15) is 13.2 Å². The van der Waals surface area contributed by atoms with E-state index in [1.54, 1.807) is 13.2 Å². The molecule has 0 bridgehead atoms. The molecule has 0 aliphatic heterocycles. The van der Waals surface area contributed by atoms with Gasteiger partial charge in [-0.3, -0.25) is 0 Å². The van der Waals surface area contributed by atoms with Crippen LogP contribution in [-0.2, 0) is 12.7 Å². The molecule has 112 valence electrons. The number of rotatable bonds is 4. The zero-order valence-corrected chi connectivity index (χ0v) is 12.8. The number of halogens is 4. The lowest BCUT2D eigenvalue weighted by Gasteiger charge is -2.14. The van der Waals surface area contributed by atoms with Crippen molar-refractivity contribution in [2.75, 3.05) is 12.4 Å². The fourth-order valence-electron chi connectivity index (χ4n) is 1.88. The molecular formula is C15H13BrF3NO. The Bertz CT molecular complexity index is 629. The molecule has 0 fully saturated rings. The van der Waals surface area contributed by atoms with Crippen molar-refractivity contribution in [2.45, 2.75) is 12.7 Å². The first kappa shape index (κ1) is 15.7. The van der Waals surface area contributed by atoms with Crippen molar-refractivity contribution in [1.82, 2.24) is 0 Å². The molecule has 2 aromatic carbocycles. The molecule has 0 aromatic heterocycles. The third-order valence-electron chi connectivity index (χ3n) is 2.96. The number of ether oxygens (including phenoxy) is 1. The van der Waals surface area contributed by atoms with Gasteiger partial charge in [-0.25, -0.2) is 0 Å². The highest BCUT2D eigenvalue weighted by atomic mass is 79.9. The number of benzene rings is 2. The van der Waals surface area contributed by atoms with Crippen LogP contribution in [0.5, 0.6) is 5.75 Å². The molecule has 0 heterocycles. The van der Waals surface area contributed by atoms with Crippen molar-refractivity contribution in [3.05, 3.63) is 58.1 Å². The van der Waals surface area contributed by atoms with Crippen LogP contribution in [-0.4, -0.2) is 7.11 Å². The summed E-state index contributed by atoms with van der Waals surface area (Å²) < 4.78 is 43.9. The predicted octanol–water partition coefficient (Wildman–Crippen LogP) is 5.09. The van der Waals surface area contributed by atoms with E-state index in [-0.39, 0.29) is 0 Å². The van der Waals surface area contributed by atoms with E-state index in [0.29, 0.717) is 22.5 Å². The fourth-order valence-corrected chi connectivity index (χ4v) is 2.26. The molecule has 0 spiro atoms. The predicted molar refractivity (Wildman–Crippen MR) is 79.5 cm³/mol. The summed E-state index contributed by atoms with van der Waals surface area (Å²) in [4.78, 5) is 0. The third-order valence-corrected chi connectivity index (χ3v) is 3.65. The van der Waals surface area contributed by atoms with E-state index in [4.69, 9.17) is 4.74 Å². The van der Waals surface area contributed by atoms with E-state index in [0.717, 1.165) is 17.7 Å². The van der Waals surface area contributed by atoms with Crippen LogP contribution in [0.2, 0.25) is 0 Å². The van der Waals surface area contributed by atoms with E-state index in [9.17, 15) is 13.2 Å². The van der Waals surface area contributed by atoms with Crippen molar-refractivity contribution < 1.29 is 17.9 Å². The van der Waals surface area contributed by atoms with Crippen LogP contribution < -0.4 is 10.1 Å². The maximum Gasteiger partial charge on any atom is 0.416 e. The van der Waals surface area contributed by atoms with Crippen molar-refractivity contribution in [3.63, 3.8) is 0 Å². The number of para-hydroxylation sites is 1. The molecule has 6 heteroatoms. The molecule has 0 atom stereocenters. The number of methoxy groups -OCH3 is 1. The SMILES string of the molecule is COc1ccccc1CNc1cc(C(F)(F)F)ccc1Br. The zero-order chi connectivity index (χ0) is 15.5. The van der Waals surface area contributed by atoms with Gasteiger partial charge in [0, 0.05) is 22.3 Å². The molecular weight excluding hydrogens is 347 g/mol. The molecule has 2 nitrogen and oxygen atoms in total. The van der Waals surface area contributed by atoms with E-state index in [1.807, 2.05) is 18.2 Å². The van der Waals surface area contributed by atoms with E-state index >= 15 is 0 Å². The van der Waals surface area contributed by atoms with Gasteiger partial charge in [0.15, 0.2) is 0 Å². The minimum absolute atomic E-state index is 0.365. The van der Waals surface area contributed by atoms with Crippen LogP contribution in [0.15, 0.2) is 46.9 Å². The van der Waals surface area contributed by atoms with Gasteiger partial charge in [-0.15, -0.1) is 0 Å². The summed E-state index contributed by atoms with van der Waals surface area (Å²) in [6, 6.07) is 10.8. The van der Waals surface area contributed by atoms with Crippen LogP contribution in [0.4, 0.5) is 18.9 Å². The normalized spacial score (nSPS) is 11.3. The second kappa shape index (κ2) is 6.39. The van der Waals surface area contributed by atoms with Gasteiger partial charge in [-0.1, -0.05) is 18.2 Å². The monoisotopic (exact) mass is 359 g/mol. The van der Waals surface area contributed by atoms with Gasteiger partial charge < -0.3 is 10.1 Å². The summed E-state index contributed by atoms with van der Waals surface area (Å²) >= 11 is 3.25. The average Bonchev–Trinajstić information content (AvgIpc) is 2.45. The Hall–Kier alpha value is -1.69. The summed E-state index contributed by atoms with van der Waals surface area (Å²) in [6.07, 6.45) is -4.36. The van der Waals surface area contributed by atoms with Crippen LogP contribution >= 0.6 is 15.9 Å². The Kier molecular flexibility index (Phi) is 4.77. The van der Waals surface area contributed by atoms with Crippen LogP contribution in [0.25, 0.3) is 0 Å². The number of alkyl halides is 3. The quantitative estimate of drug-likeness (QED) is 0.820. The minimum atomic E-state index is -4.36. The first-order valence-electron chi connectivity index (χ1n) is 6.14. The number of nitrogens with one attached hydrogen (secondary N) is 1. The van der Waals surface area contributed by atoms with E-state index in [1.165, 1.54) is 6.07 Å². The molecule has 0 amide bonds. The summed E-state index contributed by atoms with van der Waals surface area (Å²) in [5.74, 6) is 0.688. The second-order valence-corrected chi connectivity index (χ2v) is 5.21. The summed E-state index contributed by atoms with van der Waals surface area (Å²) in [5, 5.41) is 2.99. The van der Waals surface area contributed by atoms with Gasteiger partial charge in [0.1, 0.15) is 5.75 Å². The Morgan fingerprint density at radius 3 is 2.52 bits per heavy atom. The molecule has 0 saturated heterocycles. The lowest BCUT2D eigenvalue weighted by atomic mass is 10.1. The Morgan fingerprint density at radius 2 is 1.86 bits per heavy atom. The molecule has 2 aromatic rings. The highest BCUT2D eigenvalue weighted by molar-refractivity contribution is 9.10. The lowest BCUT2D eigenvalue weighted by molar-refractivity contribution is -0.137. The molecule has 2 rings (SSSR count). The highest BCUT2D eigenvalue weighted by Gasteiger charge is 2.30. The molecule has 1 N–H and O–H groups in total. The van der Waals surface area contributed by atoms with Crippen molar-refractivity contribution in [2.24, 2.45) is 0 Å². The first-order chi connectivity index (χ1) is 9.91. The molecule has 0 aliphatic carbocycles. The maximum absolute atomic E-state index is 12.7. The van der Waals surface area contributed by atoms with Crippen LogP contribution in [0.1, 0.15) is 11.1 Å². The van der Waals surface area contributed by atoms with E-state index in [2.05, 4.69) is 21.2 Å². The Balaban J connectivity index is 2.20. The minimum Gasteiger partial charge on any atom is -0.496 e. The number of hydrogen-bond donors (Lipinski definition) is 1. The average molecular weight is 360 g/mol. The van der Waals surface area contributed by atoms with Gasteiger partial charge >= 0.3 is 6.18 Å². The standard InChI is InChI=1S/C15H13BrF3NO/c1-21-14-5-3-2-4-10(14)9-20-13-8-11(15(17,18)19)6-7-12(13)16/h2-8,20H,9H2,1H3. The van der Waals surface area contributed by atoms with Crippen molar-refractivity contribution >= 4 is 21.6 Å². The second-order valence-electron chi connectivity index (χ2n) is 4.36. The zero-order valence-electron chi connectivity index (χ0n) is 11.2. The van der Waals surface area contributed by atoms with Gasteiger partial charge in [-0.05, 0) is 40.2 Å². The molecule has 0 aliphatic rings. The van der Waals surface area contributed by atoms with Gasteiger partial charge in [0.2, 0.25) is 0 Å². The van der Waals surface area contributed by atoms with E-state index < -0.39 is 11.7 Å².